The topological polar surface area (TPSA) is 64.0 Å². The molecule has 1 heterocycles. The molecule has 1 aromatic carbocycles. The van der Waals surface area contributed by atoms with Crippen LogP contribution in [0.2, 0.25) is 0 Å². The van der Waals surface area contributed by atoms with E-state index >= 15 is 0 Å². The number of hydrogen-bond donors (Lipinski definition) is 1. The number of amides is 1. The van der Waals surface area contributed by atoms with Gasteiger partial charge in [0.1, 0.15) is 0 Å². The molecule has 6 heteroatoms. The summed E-state index contributed by atoms with van der Waals surface area (Å²) in [6.07, 6.45) is 7.21. The molecule has 5 nitrogen and oxygen atoms in total. The van der Waals surface area contributed by atoms with Gasteiger partial charge >= 0.3 is 0 Å². The first-order chi connectivity index (χ1) is 13.5. The number of aromatic nitrogens is 2. The van der Waals surface area contributed by atoms with Crippen molar-refractivity contribution in [2.24, 2.45) is 11.8 Å². The summed E-state index contributed by atoms with van der Waals surface area (Å²) in [7, 11) is 0. The van der Waals surface area contributed by atoms with Crippen LogP contribution in [0.1, 0.15) is 52.4 Å². The molecule has 152 valence electrons. The molecule has 0 spiro atoms. The Bertz CT molecular complexity index is 856. The Morgan fingerprint density at radius 2 is 2.00 bits per heavy atom. The van der Waals surface area contributed by atoms with Gasteiger partial charge in [-0.05, 0) is 43.2 Å². The molecule has 1 N–H and O–H groups in total. The number of benzene rings is 1. The van der Waals surface area contributed by atoms with Gasteiger partial charge in [-0.1, -0.05) is 57.0 Å². The Labute approximate surface area is 171 Å². The maximum absolute atomic E-state index is 12.9. The van der Waals surface area contributed by atoms with E-state index in [9.17, 15) is 9.59 Å². The number of carbonyl (C=O) groups is 1. The van der Waals surface area contributed by atoms with E-state index in [0.717, 1.165) is 13.0 Å². The third-order valence-electron chi connectivity index (χ3n) is 5.40. The fourth-order valence-electron chi connectivity index (χ4n) is 3.67. The van der Waals surface area contributed by atoms with Gasteiger partial charge in [0.25, 0.3) is 5.56 Å². The molecule has 1 saturated carbocycles. The summed E-state index contributed by atoms with van der Waals surface area (Å²) in [6.45, 7) is 5.68. The van der Waals surface area contributed by atoms with E-state index in [4.69, 9.17) is 0 Å². The third-order valence-corrected chi connectivity index (χ3v) is 6.38. The average molecular weight is 402 g/mol. The standard InChI is InChI=1S/C22H31N3O2S/c1-16(2)12-13-25-21(27)18-10-6-7-11-19(18)24-22(25)28-15-20(26)23-14-17-8-4-3-5-9-17/h6-7,10-11,16-17H,3-5,8-9,12-15H2,1-2H3,(H,23,26). The van der Waals surface area contributed by atoms with Gasteiger partial charge in [-0.15, -0.1) is 0 Å². The van der Waals surface area contributed by atoms with Crippen LogP contribution in [0, 0.1) is 11.8 Å². The van der Waals surface area contributed by atoms with E-state index in [1.54, 1.807) is 4.57 Å². The monoisotopic (exact) mass is 401 g/mol. The Kier molecular flexibility index (Phi) is 7.54. The van der Waals surface area contributed by atoms with Crippen molar-refractivity contribution in [2.45, 2.75) is 64.1 Å². The quantitative estimate of drug-likeness (QED) is 0.531. The molecule has 1 aromatic heterocycles. The highest BCUT2D eigenvalue weighted by Crippen LogP contribution is 2.23. The molecule has 0 aliphatic heterocycles. The fourth-order valence-corrected chi connectivity index (χ4v) is 4.53. The molecule has 1 fully saturated rings. The van der Waals surface area contributed by atoms with Crippen molar-refractivity contribution in [2.75, 3.05) is 12.3 Å². The molecule has 28 heavy (non-hydrogen) atoms. The molecular weight excluding hydrogens is 370 g/mol. The smallest absolute Gasteiger partial charge is 0.262 e. The first-order valence-electron chi connectivity index (χ1n) is 10.4. The number of para-hydroxylation sites is 1. The molecule has 1 amide bonds. The summed E-state index contributed by atoms with van der Waals surface area (Å²) >= 11 is 1.36. The van der Waals surface area contributed by atoms with E-state index in [0.29, 0.717) is 40.2 Å². The van der Waals surface area contributed by atoms with Crippen LogP contribution in [0.5, 0.6) is 0 Å². The van der Waals surface area contributed by atoms with Crippen LogP contribution in [0.3, 0.4) is 0 Å². The van der Waals surface area contributed by atoms with E-state index in [-0.39, 0.29) is 11.5 Å². The summed E-state index contributed by atoms with van der Waals surface area (Å²) in [6, 6.07) is 7.43. The predicted octanol–water partition coefficient (Wildman–Crippen LogP) is 4.23. The highest BCUT2D eigenvalue weighted by atomic mass is 32.2. The Morgan fingerprint density at radius 1 is 1.25 bits per heavy atom. The van der Waals surface area contributed by atoms with Crippen LogP contribution in [-0.2, 0) is 11.3 Å². The predicted molar refractivity (Wildman–Crippen MR) is 116 cm³/mol. The summed E-state index contributed by atoms with van der Waals surface area (Å²) in [5.41, 5.74) is 0.676. The van der Waals surface area contributed by atoms with Crippen LogP contribution in [-0.4, -0.2) is 27.8 Å². The second-order valence-corrected chi connectivity index (χ2v) is 9.09. The zero-order valence-corrected chi connectivity index (χ0v) is 17.8. The van der Waals surface area contributed by atoms with Gasteiger partial charge in [-0.2, -0.15) is 0 Å². The SMILES string of the molecule is CC(C)CCn1c(SCC(=O)NCC2CCCCC2)nc2ccccc2c1=O. The molecule has 0 radical (unpaired) electrons. The van der Waals surface area contributed by atoms with Gasteiger partial charge in [-0.3, -0.25) is 14.2 Å². The Morgan fingerprint density at radius 3 is 2.75 bits per heavy atom. The average Bonchev–Trinajstić information content (AvgIpc) is 2.71. The van der Waals surface area contributed by atoms with Gasteiger partial charge < -0.3 is 5.32 Å². The molecule has 0 saturated heterocycles. The largest absolute Gasteiger partial charge is 0.355 e. The molecule has 1 aliphatic rings. The van der Waals surface area contributed by atoms with Crippen molar-refractivity contribution >= 4 is 28.6 Å². The Hall–Kier alpha value is -1.82. The van der Waals surface area contributed by atoms with Gasteiger partial charge in [0.15, 0.2) is 5.16 Å². The molecule has 0 unspecified atom stereocenters. The number of fused-ring (bicyclic) bond motifs is 1. The number of thioether (sulfide) groups is 1. The van der Waals surface area contributed by atoms with Gasteiger partial charge in [0, 0.05) is 13.1 Å². The van der Waals surface area contributed by atoms with E-state index in [1.165, 1.54) is 43.9 Å². The van der Waals surface area contributed by atoms with Gasteiger partial charge in [0.05, 0.1) is 16.7 Å². The van der Waals surface area contributed by atoms with Crippen molar-refractivity contribution in [3.63, 3.8) is 0 Å². The number of rotatable bonds is 8. The van der Waals surface area contributed by atoms with Crippen LogP contribution < -0.4 is 10.9 Å². The van der Waals surface area contributed by atoms with Crippen LogP contribution in [0.25, 0.3) is 10.9 Å². The van der Waals surface area contributed by atoms with E-state index in [1.807, 2.05) is 24.3 Å². The lowest BCUT2D eigenvalue weighted by Gasteiger charge is -2.21. The van der Waals surface area contributed by atoms with Gasteiger partial charge in [0.2, 0.25) is 5.91 Å². The molecule has 3 rings (SSSR count). The van der Waals surface area contributed by atoms with Crippen molar-refractivity contribution in [3.05, 3.63) is 34.6 Å². The molecule has 0 atom stereocenters. The maximum Gasteiger partial charge on any atom is 0.262 e. The van der Waals surface area contributed by atoms with Crippen molar-refractivity contribution in [1.82, 2.24) is 14.9 Å². The normalized spacial score (nSPS) is 15.2. The van der Waals surface area contributed by atoms with E-state index in [2.05, 4.69) is 24.1 Å². The highest BCUT2D eigenvalue weighted by molar-refractivity contribution is 7.99. The van der Waals surface area contributed by atoms with Crippen LogP contribution in [0.15, 0.2) is 34.2 Å². The summed E-state index contributed by atoms with van der Waals surface area (Å²) in [5.74, 6) is 1.42. The summed E-state index contributed by atoms with van der Waals surface area (Å²) in [4.78, 5) is 30.0. The fraction of sp³-hybridized carbons (Fsp3) is 0.591. The minimum Gasteiger partial charge on any atom is -0.355 e. The van der Waals surface area contributed by atoms with Crippen molar-refractivity contribution < 1.29 is 4.79 Å². The molecule has 2 aromatic rings. The van der Waals surface area contributed by atoms with Gasteiger partial charge in [-0.25, -0.2) is 4.98 Å². The number of carbonyl (C=O) groups excluding carboxylic acids is 1. The Balaban J connectivity index is 1.68. The molecule has 0 bridgehead atoms. The molecule has 1 aliphatic carbocycles. The lowest BCUT2D eigenvalue weighted by atomic mass is 9.89. The van der Waals surface area contributed by atoms with Crippen LogP contribution >= 0.6 is 11.8 Å². The van der Waals surface area contributed by atoms with E-state index < -0.39 is 0 Å². The second kappa shape index (κ2) is 10.1. The maximum atomic E-state index is 12.9. The van der Waals surface area contributed by atoms with Crippen LogP contribution in [0.4, 0.5) is 0 Å². The lowest BCUT2D eigenvalue weighted by molar-refractivity contribution is -0.118. The number of nitrogens with one attached hydrogen (secondary N) is 1. The zero-order valence-electron chi connectivity index (χ0n) is 16.9. The minimum atomic E-state index is -0.0173. The first-order valence-corrected chi connectivity index (χ1v) is 11.4. The summed E-state index contributed by atoms with van der Waals surface area (Å²) < 4.78 is 1.74. The van der Waals surface area contributed by atoms with Crippen molar-refractivity contribution in [3.8, 4) is 0 Å². The number of nitrogens with zero attached hydrogens (tertiary/aromatic N) is 2. The number of hydrogen-bond acceptors (Lipinski definition) is 4. The summed E-state index contributed by atoms with van der Waals surface area (Å²) in [5, 5.41) is 4.34. The minimum absolute atomic E-state index is 0.0173. The first kappa shape index (κ1) is 20.9. The third kappa shape index (κ3) is 5.60. The highest BCUT2D eigenvalue weighted by Gasteiger charge is 2.16. The zero-order chi connectivity index (χ0) is 19.9. The second-order valence-electron chi connectivity index (χ2n) is 8.15. The van der Waals surface area contributed by atoms with Crippen molar-refractivity contribution in [1.29, 1.82) is 0 Å². The lowest BCUT2D eigenvalue weighted by Crippen LogP contribution is -2.32. The molecular formula is C22H31N3O2S.